The van der Waals surface area contributed by atoms with Crippen molar-refractivity contribution in [2.45, 2.75) is 38.3 Å². The van der Waals surface area contributed by atoms with Crippen LogP contribution in [0, 0.1) is 5.92 Å². The molecular formula is C15H27IN4O3S. The molecule has 3 N–H and O–H groups in total. The maximum Gasteiger partial charge on any atom is 0.208 e. The van der Waals surface area contributed by atoms with Crippen molar-refractivity contribution in [1.82, 2.24) is 15.4 Å². The molecule has 0 spiro atoms. The molecule has 0 aromatic carbocycles. The lowest BCUT2D eigenvalue weighted by molar-refractivity contribution is 0.289. The largest absolute Gasteiger partial charge is 0.467 e. The van der Waals surface area contributed by atoms with Crippen molar-refractivity contribution in [1.29, 1.82) is 0 Å². The minimum atomic E-state index is -3.18. The Labute approximate surface area is 161 Å². The standard InChI is InChI=1S/C15H26N4O3S.HI/c1-16-15(18-11-13-7-5-9-22-13)17-10-12-6-3-4-8-14(12)19-23(2,20)21;/h5,7,9,12,14,19H,3-4,6,8,10-11H2,1-2H3,(H2,16,17,18);1H. The molecule has 9 heteroatoms. The molecule has 0 radical (unpaired) electrons. The van der Waals surface area contributed by atoms with Gasteiger partial charge < -0.3 is 15.1 Å². The highest BCUT2D eigenvalue weighted by Crippen LogP contribution is 2.24. The Morgan fingerprint density at radius 1 is 1.33 bits per heavy atom. The number of nitrogens with one attached hydrogen (secondary N) is 3. The van der Waals surface area contributed by atoms with Crippen molar-refractivity contribution in [3.63, 3.8) is 0 Å². The van der Waals surface area contributed by atoms with Gasteiger partial charge in [-0.05, 0) is 30.9 Å². The summed E-state index contributed by atoms with van der Waals surface area (Å²) >= 11 is 0. The lowest BCUT2D eigenvalue weighted by atomic mass is 9.85. The van der Waals surface area contributed by atoms with Crippen molar-refractivity contribution in [3.05, 3.63) is 24.2 Å². The van der Waals surface area contributed by atoms with Crippen LogP contribution in [-0.2, 0) is 16.6 Å². The molecule has 1 aromatic heterocycles. The number of hydrogen-bond acceptors (Lipinski definition) is 4. The Bertz CT molecular complexity index is 604. The summed E-state index contributed by atoms with van der Waals surface area (Å²) < 4.78 is 31.0. The molecule has 0 aliphatic heterocycles. The molecule has 0 bridgehead atoms. The van der Waals surface area contributed by atoms with Gasteiger partial charge in [-0.25, -0.2) is 13.1 Å². The average Bonchev–Trinajstić information content (AvgIpc) is 3.01. The molecule has 2 unspecified atom stereocenters. The van der Waals surface area contributed by atoms with E-state index < -0.39 is 10.0 Å². The topological polar surface area (TPSA) is 95.7 Å². The minimum absolute atomic E-state index is 0. The first-order valence-corrected chi connectivity index (χ1v) is 9.81. The maximum atomic E-state index is 11.5. The molecule has 1 saturated carbocycles. The van der Waals surface area contributed by atoms with Gasteiger partial charge in [0, 0.05) is 19.6 Å². The minimum Gasteiger partial charge on any atom is -0.467 e. The summed E-state index contributed by atoms with van der Waals surface area (Å²) in [5.41, 5.74) is 0. The maximum absolute atomic E-state index is 11.5. The molecule has 7 nitrogen and oxygen atoms in total. The van der Waals surface area contributed by atoms with Gasteiger partial charge in [0.1, 0.15) is 5.76 Å². The lowest BCUT2D eigenvalue weighted by Gasteiger charge is -2.32. The van der Waals surface area contributed by atoms with E-state index >= 15 is 0 Å². The van der Waals surface area contributed by atoms with Gasteiger partial charge in [-0.1, -0.05) is 12.8 Å². The van der Waals surface area contributed by atoms with Crippen LogP contribution in [0.15, 0.2) is 27.8 Å². The van der Waals surface area contributed by atoms with Crippen molar-refractivity contribution in [2.75, 3.05) is 19.8 Å². The molecule has 0 amide bonds. The Balaban J connectivity index is 0.00000288. The zero-order valence-electron chi connectivity index (χ0n) is 14.1. The third-order valence-corrected chi connectivity index (χ3v) is 4.77. The normalized spacial score (nSPS) is 21.8. The van der Waals surface area contributed by atoms with Crippen LogP contribution in [0.1, 0.15) is 31.4 Å². The van der Waals surface area contributed by atoms with Crippen LogP contribution >= 0.6 is 24.0 Å². The number of guanidine groups is 1. The Kier molecular flexibility index (Phi) is 9.06. The fourth-order valence-corrected chi connectivity index (χ4v) is 3.77. The number of furan rings is 1. The zero-order chi connectivity index (χ0) is 16.7. The van der Waals surface area contributed by atoms with Crippen LogP contribution in [0.2, 0.25) is 0 Å². The second-order valence-electron chi connectivity index (χ2n) is 5.93. The van der Waals surface area contributed by atoms with Crippen LogP contribution < -0.4 is 15.4 Å². The van der Waals surface area contributed by atoms with E-state index in [1.807, 2.05) is 12.1 Å². The van der Waals surface area contributed by atoms with Crippen molar-refractivity contribution in [3.8, 4) is 0 Å². The van der Waals surface area contributed by atoms with Crippen LogP contribution in [-0.4, -0.2) is 40.3 Å². The Morgan fingerprint density at radius 2 is 2.08 bits per heavy atom. The predicted octanol–water partition coefficient (Wildman–Crippen LogP) is 1.67. The molecule has 138 valence electrons. The number of sulfonamides is 1. The van der Waals surface area contributed by atoms with E-state index in [9.17, 15) is 8.42 Å². The number of halogens is 1. The molecule has 1 aliphatic rings. The average molecular weight is 470 g/mol. The van der Waals surface area contributed by atoms with Gasteiger partial charge in [-0.2, -0.15) is 0 Å². The first-order chi connectivity index (χ1) is 11.0. The summed E-state index contributed by atoms with van der Waals surface area (Å²) in [6, 6.07) is 3.74. The van der Waals surface area contributed by atoms with Crippen LogP contribution in [0.3, 0.4) is 0 Å². The third kappa shape index (κ3) is 7.39. The number of aliphatic imine (C=N–C) groups is 1. The molecule has 0 saturated heterocycles. The molecule has 2 rings (SSSR count). The summed E-state index contributed by atoms with van der Waals surface area (Å²) in [5.74, 6) is 1.79. The van der Waals surface area contributed by atoms with Crippen molar-refractivity contribution < 1.29 is 12.8 Å². The second kappa shape index (κ2) is 10.2. The predicted molar refractivity (Wildman–Crippen MR) is 106 cm³/mol. The molecule has 2 atom stereocenters. The molecule has 24 heavy (non-hydrogen) atoms. The summed E-state index contributed by atoms with van der Waals surface area (Å²) in [6.07, 6.45) is 6.95. The highest BCUT2D eigenvalue weighted by atomic mass is 127. The van der Waals surface area contributed by atoms with Gasteiger partial charge in [0.15, 0.2) is 5.96 Å². The lowest BCUT2D eigenvalue weighted by Crippen LogP contribution is -2.47. The van der Waals surface area contributed by atoms with Gasteiger partial charge in [0.05, 0.1) is 19.1 Å². The van der Waals surface area contributed by atoms with Gasteiger partial charge in [-0.3, -0.25) is 4.99 Å². The van der Waals surface area contributed by atoms with Gasteiger partial charge in [0.25, 0.3) is 0 Å². The quantitative estimate of drug-likeness (QED) is 0.334. The highest BCUT2D eigenvalue weighted by molar-refractivity contribution is 14.0. The van der Waals surface area contributed by atoms with Crippen molar-refractivity contribution in [2.24, 2.45) is 10.9 Å². The zero-order valence-corrected chi connectivity index (χ0v) is 17.3. The molecule has 1 heterocycles. The van der Waals surface area contributed by atoms with Crippen LogP contribution in [0.25, 0.3) is 0 Å². The fraction of sp³-hybridized carbons (Fsp3) is 0.667. The van der Waals surface area contributed by atoms with Gasteiger partial charge >= 0.3 is 0 Å². The third-order valence-electron chi connectivity index (χ3n) is 4.04. The van der Waals surface area contributed by atoms with Gasteiger partial charge in [0.2, 0.25) is 10.0 Å². The van der Waals surface area contributed by atoms with Crippen LogP contribution in [0.5, 0.6) is 0 Å². The first-order valence-electron chi connectivity index (χ1n) is 7.92. The Hall–Kier alpha value is -0.810. The van der Waals surface area contributed by atoms with E-state index in [2.05, 4.69) is 20.3 Å². The summed E-state index contributed by atoms with van der Waals surface area (Å²) in [4.78, 5) is 4.19. The number of hydrogen-bond donors (Lipinski definition) is 3. The number of rotatable bonds is 6. The monoisotopic (exact) mass is 470 g/mol. The second-order valence-corrected chi connectivity index (χ2v) is 7.71. The highest BCUT2D eigenvalue weighted by Gasteiger charge is 2.27. The Morgan fingerprint density at radius 3 is 2.71 bits per heavy atom. The van der Waals surface area contributed by atoms with E-state index in [-0.39, 0.29) is 35.9 Å². The van der Waals surface area contributed by atoms with Crippen molar-refractivity contribution >= 4 is 40.0 Å². The SMILES string of the molecule is CN=C(NCc1ccco1)NCC1CCCCC1NS(C)(=O)=O.I. The molecule has 1 aliphatic carbocycles. The summed E-state index contributed by atoms with van der Waals surface area (Å²) in [5, 5.41) is 6.46. The smallest absolute Gasteiger partial charge is 0.208 e. The summed E-state index contributed by atoms with van der Waals surface area (Å²) in [6.45, 7) is 1.24. The van der Waals surface area contributed by atoms with Gasteiger partial charge in [-0.15, -0.1) is 24.0 Å². The molecule has 1 fully saturated rings. The molecule has 1 aromatic rings. The fourth-order valence-electron chi connectivity index (χ4n) is 2.91. The van der Waals surface area contributed by atoms with E-state index in [4.69, 9.17) is 4.42 Å². The first kappa shape index (κ1) is 21.2. The summed E-state index contributed by atoms with van der Waals surface area (Å²) in [7, 11) is -1.46. The van der Waals surface area contributed by atoms with E-state index in [0.29, 0.717) is 19.0 Å². The van der Waals surface area contributed by atoms with E-state index in [0.717, 1.165) is 31.4 Å². The number of nitrogens with zero attached hydrogens (tertiary/aromatic N) is 1. The molecular weight excluding hydrogens is 443 g/mol. The van der Waals surface area contributed by atoms with E-state index in [1.54, 1.807) is 13.3 Å². The van der Waals surface area contributed by atoms with Crippen LogP contribution in [0.4, 0.5) is 0 Å². The van der Waals surface area contributed by atoms with E-state index in [1.165, 1.54) is 6.26 Å².